The summed E-state index contributed by atoms with van der Waals surface area (Å²) in [7, 11) is -3.97. The predicted octanol–water partition coefficient (Wildman–Crippen LogP) is 3.83. The molecule has 0 bridgehead atoms. The summed E-state index contributed by atoms with van der Waals surface area (Å²) in [5, 5.41) is 0. The lowest BCUT2D eigenvalue weighted by Crippen LogP contribution is -2.47. The average molecular weight is 264 g/mol. The lowest BCUT2D eigenvalue weighted by molar-refractivity contribution is 0.399. The molecule has 0 amide bonds. The standard InChI is InChI=1S/C10H27O2Si3/c1-10(2)9-13(3)11-15(7,8)12-14(4,5)6/h10H,9H2,1-8H3. The van der Waals surface area contributed by atoms with E-state index in [1.165, 1.54) is 6.04 Å². The van der Waals surface area contributed by atoms with Crippen molar-refractivity contribution >= 4 is 25.9 Å². The van der Waals surface area contributed by atoms with Crippen LogP contribution in [0.3, 0.4) is 0 Å². The molecule has 0 fully saturated rings. The van der Waals surface area contributed by atoms with Gasteiger partial charge in [-0.15, -0.1) is 0 Å². The Hall–Kier alpha value is 0.571. The zero-order valence-corrected chi connectivity index (χ0v) is 14.6. The van der Waals surface area contributed by atoms with Gasteiger partial charge >= 0.3 is 8.56 Å². The topological polar surface area (TPSA) is 18.5 Å². The molecule has 0 aromatic heterocycles. The van der Waals surface area contributed by atoms with E-state index in [1.54, 1.807) is 0 Å². The van der Waals surface area contributed by atoms with Crippen molar-refractivity contribution in [1.29, 1.82) is 0 Å². The third-order valence-corrected chi connectivity index (χ3v) is 10.8. The van der Waals surface area contributed by atoms with Gasteiger partial charge in [-0.2, -0.15) is 0 Å². The minimum Gasteiger partial charge on any atom is -0.437 e. The van der Waals surface area contributed by atoms with Gasteiger partial charge in [-0.3, -0.25) is 0 Å². The van der Waals surface area contributed by atoms with Crippen molar-refractivity contribution in [2.75, 3.05) is 0 Å². The molecule has 91 valence electrons. The van der Waals surface area contributed by atoms with Crippen LogP contribution in [0, 0.1) is 5.92 Å². The van der Waals surface area contributed by atoms with E-state index in [0.717, 1.165) is 5.92 Å². The highest BCUT2D eigenvalue weighted by Crippen LogP contribution is 2.18. The lowest BCUT2D eigenvalue weighted by atomic mass is 10.3. The van der Waals surface area contributed by atoms with Crippen LogP contribution in [0.4, 0.5) is 0 Å². The van der Waals surface area contributed by atoms with Crippen molar-refractivity contribution in [3.63, 3.8) is 0 Å². The summed E-state index contributed by atoms with van der Waals surface area (Å²) in [5.74, 6) is 0.737. The molecule has 0 saturated carbocycles. The van der Waals surface area contributed by atoms with Crippen molar-refractivity contribution in [1.82, 2.24) is 0 Å². The maximum absolute atomic E-state index is 6.18. The zero-order valence-electron chi connectivity index (χ0n) is 11.6. The Kier molecular flexibility index (Phi) is 5.99. The monoisotopic (exact) mass is 263 g/mol. The van der Waals surface area contributed by atoms with Crippen LogP contribution in [-0.2, 0) is 8.23 Å². The molecule has 0 spiro atoms. The Balaban J connectivity index is 4.13. The summed E-state index contributed by atoms with van der Waals surface area (Å²) in [4.78, 5) is 0. The van der Waals surface area contributed by atoms with Crippen LogP contribution in [-0.4, -0.2) is 25.9 Å². The largest absolute Gasteiger partial charge is 0.437 e. The van der Waals surface area contributed by atoms with Gasteiger partial charge < -0.3 is 8.23 Å². The minimum atomic E-state index is -1.86. The predicted molar refractivity (Wildman–Crippen MR) is 74.3 cm³/mol. The summed E-state index contributed by atoms with van der Waals surface area (Å²) in [6.07, 6.45) is 0. The normalized spacial score (nSPS) is 14.0. The Morgan fingerprint density at radius 1 is 1.07 bits per heavy atom. The zero-order chi connectivity index (χ0) is 12.3. The first-order valence-electron chi connectivity index (χ1n) is 5.73. The Labute approximate surface area is 99.5 Å². The SMILES string of the molecule is CC(C)C[Si](C)O[Si](C)(C)O[Si](C)(C)C. The molecule has 0 rings (SSSR count). The highest BCUT2D eigenvalue weighted by atomic mass is 28.5. The van der Waals surface area contributed by atoms with E-state index in [4.69, 9.17) is 8.23 Å². The van der Waals surface area contributed by atoms with Crippen LogP contribution < -0.4 is 0 Å². The van der Waals surface area contributed by atoms with Crippen LogP contribution in [0.1, 0.15) is 13.8 Å². The first kappa shape index (κ1) is 15.6. The third kappa shape index (κ3) is 9.50. The second-order valence-electron chi connectivity index (χ2n) is 6.02. The summed E-state index contributed by atoms with van der Waals surface area (Å²) in [6.45, 7) is 17.8. The highest BCUT2D eigenvalue weighted by molar-refractivity contribution is 6.84. The fraction of sp³-hybridized carbons (Fsp3) is 1.00. The first-order chi connectivity index (χ1) is 6.52. The molecule has 0 aliphatic rings. The maximum Gasteiger partial charge on any atom is 0.311 e. The second-order valence-corrected chi connectivity index (χ2v) is 16.5. The number of rotatable bonds is 6. The minimum absolute atomic E-state index is 0.659. The smallest absolute Gasteiger partial charge is 0.311 e. The Bertz CT molecular complexity index is 188. The molecule has 15 heavy (non-hydrogen) atoms. The van der Waals surface area contributed by atoms with E-state index in [2.05, 4.69) is 53.1 Å². The van der Waals surface area contributed by atoms with E-state index in [0.29, 0.717) is 0 Å². The third-order valence-electron chi connectivity index (χ3n) is 1.67. The Morgan fingerprint density at radius 3 is 1.87 bits per heavy atom. The van der Waals surface area contributed by atoms with Gasteiger partial charge in [0.25, 0.3) is 0 Å². The first-order valence-corrected chi connectivity index (χ1v) is 14.1. The van der Waals surface area contributed by atoms with E-state index < -0.39 is 25.9 Å². The average Bonchev–Trinajstić information content (AvgIpc) is 1.73. The van der Waals surface area contributed by atoms with Crippen LogP contribution in [0.5, 0.6) is 0 Å². The van der Waals surface area contributed by atoms with Gasteiger partial charge in [0.2, 0.25) is 0 Å². The lowest BCUT2D eigenvalue weighted by Gasteiger charge is -2.33. The maximum atomic E-state index is 6.18. The highest BCUT2D eigenvalue weighted by Gasteiger charge is 2.33. The number of hydrogen-bond donors (Lipinski definition) is 0. The van der Waals surface area contributed by atoms with Gasteiger partial charge in [0.05, 0.1) is 0 Å². The second kappa shape index (κ2) is 5.77. The van der Waals surface area contributed by atoms with Crippen molar-refractivity contribution in [3.8, 4) is 0 Å². The van der Waals surface area contributed by atoms with E-state index >= 15 is 0 Å². The summed E-state index contributed by atoms with van der Waals surface area (Å²) < 4.78 is 12.3. The quantitative estimate of drug-likeness (QED) is 0.678. The molecular formula is C10H27O2Si3. The van der Waals surface area contributed by atoms with Gasteiger partial charge in [0.1, 0.15) is 0 Å². The number of hydrogen-bond acceptors (Lipinski definition) is 2. The van der Waals surface area contributed by atoms with Crippen molar-refractivity contribution in [3.05, 3.63) is 0 Å². The molecule has 0 heterocycles. The molecule has 0 aromatic carbocycles. The van der Waals surface area contributed by atoms with Crippen molar-refractivity contribution in [2.45, 2.75) is 59.2 Å². The summed E-state index contributed by atoms with van der Waals surface area (Å²) >= 11 is 0. The molecule has 0 aromatic rings. The van der Waals surface area contributed by atoms with Crippen LogP contribution in [0.15, 0.2) is 0 Å². The molecule has 1 radical (unpaired) electrons. The summed E-state index contributed by atoms with van der Waals surface area (Å²) in [6, 6.07) is 1.22. The van der Waals surface area contributed by atoms with E-state index in [9.17, 15) is 0 Å². The molecule has 0 atom stereocenters. The summed E-state index contributed by atoms with van der Waals surface area (Å²) in [5.41, 5.74) is 0. The van der Waals surface area contributed by atoms with Crippen LogP contribution in [0.25, 0.3) is 0 Å². The van der Waals surface area contributed by atoms with Gasteiger partial charge in [-0.1, -0.05) is 13.8 Å². The van der Waals surface area contributed by atoms with Gasteiger partial charge in [-0.05, 0) is 51.2 Å². The fourth-order valence-corrected chi connectivity index (χ4v) is 13.1. The molecule has 0 aliphatic heterocycles. The molecule has 0 saturated heterocycles. The molecule has 2 nitrogen and oxygen atoms in total. The molecule has 5 heteroatoms. The van der Waals surface area contributed by atoms with Gasteiger partial charge in [-0.25, -0.2) is 0 Å². The van der Waals surface area contributed by atoms with Crippen molar-refractivity contribution < 1.29 is 8.23 Å². The van der Waals surface area contributed by atoms with Crippen LogP contribution in [0.2, 0.25) is 45.3 Å². The van der Waals surface area contributed by atoms with E-state index in [1.807, 2.05) is 0 Å². The van der Waals surface area contributed by atoms with Crippen LogP contribution >= 0.6 is 0 Å². The molecule has 0 N–H and O–H groups in total. The van der Waals surface area contributed by atoms with E-state index in [-0.39, 0.29) is 0 Å². The van der Waals surface area contributed by atoms with Gasteiger partial charge in [0, 0.05) is 0 Å². The van der Waals surface area contributed by atoms with Gasteiger partial charge in [0.15, 0.2) is 17.4 Å². The molecule has 0 aliphatic carbocycles. The Morgan fingerprint density at radius 2 is 1.53 bits per heavy atom. The van der Waals surface area contributed by atoms with Crippen molar-refractivity contribution in [2.24, 2.45) is 5.92 Å². The fourth-order valence-electron chi connectivity index (χ4n) is 1.79. The molecular weight excluding hydrogens is 236 g/mol. The molecule has 0 unspecified atom stereocenters.